The van der Waals surface area contributed by atoms with Crippen LogP contribution in [0.5, 0.6) is 0 Å². The lowest BCUT2D eigenvalue weighted by molar-refractivity contribution is -0.116. The van der Waals surface area contributed by atoms with Crippen molar-refractivity contribution in [2.24, 2.45) is 0 Å². The Bertz CT molecular complexity index is 866. The molecule has 1 aliphatic heterocycles. The van der Waals surface area contributed by atoms with Crippen LogP contribution in [0, 0.1) is 0 Å². The molecule has 0 bridgehead atoms. The Balaban J connectivity index is 1.46. The molecule has 0 atom stereocenters. The number of benzene rings is 1. The van der Waals surface area contributed by atoms with Crippen LogP contribution in [0.15, 0.2) is 30.5 Å². The van der Waals surface area contributed by atoms with Gasteiger partial charge in [0, 0.05) is 29.4 Å². The number of aryl methyl sites for hydroxylation is 1. The molecule has 7 heteroatoms. The average Bonchev–Trinajstić information content (AvgIpc) is 3.45. The molecule has 0 spiro atoms. The molecule has 2 aromatic rings. The minimum Gasteiger partial charge on any atom is -0.329 e. The predicted octanol–water partition coefficient (Wildman–Crippen LogP) is 3.03. The Kier molecular flexibility index (Phi) is 4.59. The summed E-state index contributed by atoms with van der Waals surface area (Å²) in [6, 6.07) is 6.94. The fourth-order valence-electron chi connectivity index (χ4n) is 3.14. The van der Waals surface area contributed by atoms with Crippen molar-refractivity contribution < 1.29 is 9.59 Å². The van der Waals surface area contributed by atoms with Crippen molar-refractivity contribution in [2.75, 3.05) is 18.4 Å². The number of hydrogen-bond acceptors (Lipinski definition) is 4. The van der Waals surface area contributed by atoms with Gasteiger partial charge in [-0.15, -0.1) is 0 Å². The first-order valence-electron chi connectivity index (χ1n) is 8.80. The van der Waals surface area contributed by atoms with E-state index in [-0.39, 0.29) is 18.4 Å². The van der Waals surface area contributed by atoms with Gasteiger partial charge in [-0.2, -0.15) is 0 Å². The molecule has 26 heavy (non-hydrogen) atoms. The van der Waals surface area contributed by atoms with Crippen LogP contribution < -0.4 is 5.32 Å². The van der Waals surface area contributed by atoms with E-state index < -0.39 is 0 Å². The van der Waals surface area contributed by atoms with E-state index in [2.05, 4.69) is 15.3 Å². The molecule has 1 fully saturated rings. The summed E-state index contributed by atoms with van der Waals surface area (Å²) >= 11 is 5.93. The van der Waals surface area contributed by atoms with E-state index in [0.29, 0.717) is 28.7 Å². The molecule has 0 saturated heterocycles. The number of aromatic nitrogens is 2. The number of rotatable bonds is 4. The van der Waals surface area contributed by atoms with Gasteiger partial charge in [0.05, 0.1) is 11.3 Å². The molecule has 1 aromatic heterocycles. The van der Waals surface area contributed by atoms with Crippen molar-refractivity contribution in [1.82, 2.24) is 14.9 Å². The zero-order chi connectivity index (χ0) is 18.1. The van der Waals surface area contributed by atoms with E-state index in [0.717, 1.165) is 37.2 Å². The molecule has 0 radical (unpaired) electrons. The summed E-state index contributed by atoms with van der Waals surface area (Å²) in [5.41, 5.74) is 1.94. The molecular formula is C19H19ClN4O2. The Labute approximate surface area is 156 Å². The number of anilines is 1. The number of nitrogens with zero attached hydrogens (tertiary/aromatic N) is 3. The Hall–Kier alpha value is -2.47. The smallest absolute Gasteiger partial charge is 0.257 e. The Morgan fingerprint density at radius 2 is 2.19 bits per heavy atom. The molecular weight excluding hydrogens is 352 g/mol. The average molecular weight is 371 g/mol. The van der Waals surface area contributed by atoms with Gasteiger partial charge in [0.1, 0.15) is 12.4 Å². The van der Waals surface area contributed by atoms with Gasteiger partial charge < -0.3 is 10.2 Å². The van der Waals surface area contributed by atoms with Gasteiger partial charge in [0.2, 0.25) is 5.91 Å². The summed E-state index contributed by atoms with van der Waals surface area (Å²) in [6.07, 6.45) is 5.40. The van der Waals surface area contributed by atoms with Gasteiger partial charge in [-0.1, -0.05) is 17.7 Å². The number of hydrogen-bond donors (Lipinski definition) is 1. The van der Waals surface area contributed by atoms with Crippen molar-refractivity contribution in [3.8, 4) is 0 Å². The minimum absolute atomic E-state index is 0.00480. The Morgan fingerprint density at radius 1 is 1.35 bits per heavy atom. The molecule has 0 unspecified atom stereocenters. The first-order valence-corrected chi connectivity index (χ1v) is 9.18. The zero-order valence-corrected chi connectivity index (χ0v) is 15.0. The summed E-state index contributed by atoms with van der Waals surface area (Å²) in [6.45, 7) is 0.520. The second-order valence-corrected chi connectivity index (χ2v) is 7.19. The topological polar surface area (TPSA) is 75.2 Å². The highest BCUT2D eigenvalue weighted by molar-refractivity contribution is 6.30. The zero-order valence-electron chi connectivity index (χ0n) is 14.2. The second-order valence-electron chi connectivity index (χ2n) is 6.75. The van der Waals surface area contributed by atoms with Gasteiger partial charge in [0.15, 0.2) is 0 Å². The van der Waals surface area contributed by atoms with Crippen LogP contribution in [0.1, 0.15) is 47.1 Å². The maximum atomic E-state index is 12.8. The summed E-state index contributed by atoms with van der Waals surface area (Å²) in [5.74, 6) is 0.877. The molecule has 2 aliphatic rings. The largest absolute Gasteiger partial charge is 0.329 e. The summed E-state index contributed by atoms with van der Waals surface area (Å²) < 4.78 is 0. The van der Waals surface area contributed by atoms with E-state index in [1.54, 1.807) is 35.4 Å². The highest BCUT2D eigenvalue weighted by Gasteiger charge is 2.30. The molecule has 2 amide bonds. The van der Waals surface area contributed by atoms with Crippen molar-refractivity contribution in [3.05, 3.63) is 52.6 Å². The SMILES string of the molecule is O=C(CN1CCCc2nc(C3CC3)ncc2C1=O)Nc1cccc(Cl)c1. The third kappa shape index (κ3) is 3.70. The van der Waals surface area contributed by atoms with Crippen LogP contribution in [0.25, 0.3) is 0 Å². The monoisotopic (exact) mass is 370 g/mol. The van der Waals surface area contributed by atoms with Crippen LogP contribution in [0.4, 0.5) is 5.69 Å². The highest BCUT2D eigenvalue weighted by atomic mass is 35.5. The lowest BCUT2D eigenvalue weighted by Crippen LogP contribution is -2.38. The predicted molar refractivity (Wildman–Crippen MR) is 98.3 cm³/mol. The first kappa shape index (κ1) is 17.0. The number of carbonyl (C=O) groups excluding carboxylic acids is 2. The molecule has 6 nitrogen and oxygen atoms in total. The van der Waals surface area contributed by atoms with Crippen LogP contribution in [-0.4, -0.2) is 39.8 Å². The Morgan fingerprint density at radius 3 is 2.96 bits per heavy atom. The number of nitrogens with one attached hydrogen (secondary N) is 1. The summed E-state index contributed by atoms with van der Waals surface area (Å²) in [7, 11) is 0. The van der Waals surface area contributed by atoms with Crippen molar-refractivity contribution >= 4 is 29.1 Å². The molecule has 1 saturated carbocycles. The van der Waals surface area contributed by atoms with E-state index in [9.17, 15) is 9.59 Å². The van der Waals surface area contributed by atoms with Crippen molar-refractivity contribution in [3.63, 3.8) is 0 Å². The number of amides is 2. The minimum atomic E-state index is -0.250. The van der Waals surface area contributed by atoms with E-state index in [4.69, 9.17) is 11.6 Å². The lowest BCUT2D eigenvalue weighted by Gasteiger charge is -2.20. The number of fused-ring (bicyclic) bond motifs is 1. The second kappa shape index (κ2) is 7.03. The number of carbonyl (C=O) groups is 2. The molecule has 134 valence electrons. The van der Waals surface area contributed by atoms with Crippen LogP contribution in [0.2, 0.25) is 5.02 Å². The molecule has 4 rings (SSSR count). The van der Waals surface area contributed by atoms with Gasteiger partial charge in [-0.05, 0) is 43.9 Å². The summed E-state index contributed by atoms with van der Waals surface area (Å²) in [4.78, 5) is 35.7. The van der Waals surface area contributed by atoms with Crippen LogP contribution >= 0.6 is 11.6 Å². The maximum Gasteiger partial charge on any atom is 0.257 e. The standard InChI is InChI=1S/C19H19ClN4O2/c20-13-3-1-4-14(9-13)22-17(25)11-24-8-2-5-16-15(19(24)26)10-21-18(23-16)12-6-7-12/h1,3-4,9-10,12H,2,5-8,11H2,(H,22,25). The molecule has 2 heterocycles. The molecule has 1 aromatic carbocycles. The maximum absolute atomic E-state index is 12.8. The third-order valence-electron chi connectivity index (χ3n) is 4.63. The molecule has 1 aliphatic carbocycles. The summed E-state index contributed by atoms with van der Waals surface area (Å²) in [5, 5.41) is 3.33. The van der Waals surface area contributed by atoms with Gasteiger partial charge in [0.25, 0.3) is 5.91 Å². The number of halogens is 1. The van der Waals surface area contributed by atoms with Crippen LogP contribution in [-0.2, 0) is 11.2 Å². The lowest BCUT2D eigenvalue weighted by atomic mass is 10.1. The first-order chi connectivity index (χ1) is 12.6. The van der Waals surface area contributed by atoms with E-state index in [1.807, 2.05) is 0 Å². The van der Waals surface area contributed by atoms with Gasteiger partial charge in [-0.3, -0.25) is 9.59 Å². The third-order valence-corrected chi connectivity index (χ3v) is 4.87. The fourth-order valence-corrected chi connectivity index (χ4v) is 3.33. The van der Waals surface area contributed by atoms with Crippen molar-refractivity contribution in [1.29, 1.82) is 0 Å². The van der Waals surface area contributed by atoms with E-state index >= 15 is 0 Å². The van der Waals surface area contributed by atoms with Crippen molar-refractivity contribution in [2.45, 2.75) is 31.6 Å². The fraction of sp³-hybridized carbons (Fsp3) is 0.368. The highest BCUT2D eigenvalue weighted by Crippen LogP contribution is 2.38. The van der Waals surface area contributed by atoms with Gasteiger partial charge in [-0.25, -0.2) is 9.97 Å². The molecule has 1 N–H and O–H groups in total. The van der Waals surface area contributed by atoms with Gasteiger partial charge >= 0.3 is 0 Å². The van der Waals surface area contributed by atoms with Crippen LogP contribution in [0.3, 0.4) is 0 Å². The normalized spacial score (nSPS) is 16.8. The quantitative estimate of drug-likeness (QED) is 0.897. The van der Waals surface area contributed by atoms with E-state index in [1.165, 1.54) is 0 Å².